The highest BCUT2D eigenvalue weighted by atomic mass is 15.4. The molecular formula is C23H26N2. The van der Waals surface area contributed by atoms with E-state index in [9.17, 15) is 1.37 Å². The molecule has 2 nitrogen and oxygen atoms in total. The van der Waals surface area contributed by atoms with Gasteiger partial charge in [-0.3, -0.25) is 0 Å². The predicted octanol–water partition coefficient (Wildman–Crippen LogP) is 5.71. The second-order valence-corrected chi connectivity index (χ2v) is 7.49. The van der Waals surface area contributed by atoms with Crippen LogP contribution in [0.2, 0.25) is 0 Å². The van der Waals surface area contributed by atoms with Crippen molar-refractivity contribution in [2.75, 3.05) is 11.5 Å². The third-order valence-electron chi connectivity index (χ3n) is 6.01. The minimum absolute atomic E-state index is 0.286. The van der Waals surface area contributed by atoms with Crippen LogP contribution in [-0.4, -0.2) is 11.5 Å². The fourth-order valence-corrected chi connectivity index (χ4v) is 4.79. The number of hydrogen-bond donors (Lipinski definition) is 0. The summed E-state index contributed by atoms with van der Waals surface area (Å²) in [7, 11) is 0. The van der Waals surface area contributed by atoms with Crippen LogP contribution in [0.4, 0.5) is 5.69 Å². The molecule has 0 bridgehead atoms. The molecule has 0 saturated heterocycles. The van der Waals surface area contributed by atoms with E-state index in [-0.39, 0.29) is 5.92 Å². The van der Waals surface area contributed by atoms with Crippen LogP contribution in [0, 0.1) is 12.8 Å². The zero-order valence-corrected chi connectivity index (χ0v) is 15.0. The smallest absolute Gasteiger partial charge is 0.0956 e. The number of allylic oxidation sites excluding steroid dienone is 1. The van der Waals surface area contributed by atoms with Gasteiger partial charge in [0.25, 0.3) is 0 Å². The summed E-state index contributed by atoms with van der Waals surface area (Å²) in [6.45, 7) is 3.61. The van der Waals surface area contributed by atoms with Crippen LogP contribution >= 0.6 is 0 Å². The molecule has 1 saturated carbocycles. The van der Waals surface area contributed by atoms with E-state index in [4.69, 9.17) is 1.37 Å². The van der Waals surface area contributed by atoms with E-state index >= 15 is 0 Å². The monoisotopic (exact) mass is 332 g/mol. The number of fused-ring (bicyclic) bond motifs is 3. The highest BCUT2D eigenvalue weighted by molar-refractivity contribution is 5.81. The van der Waals surface area contributed by atoms with Gasteiger partial charge >= 0.3 is 0 Å². The van der Waals surface area contributed by atoms with Crippen molar-refractivity contribution in [2.24, 2.45) is 5.92 Å². The van der Waals surface area contributed by atoms with Gasteiger partial charge < -0.3 is 9.80 Å². The molecule has 0 aromatic heterocycles. The van der Waals surface area contributed by atoms with Gasteiger partial charge in [0.2, 0.25) is 0 Å². The van der Waals surface area contributed by atoms with Crippen molar-refractivity contribution in [3.63, 3.8) is 0 Å². The Labute approximate surface area is 153 Å². The van der Waals surface area contributed by atoms with E-state index in [0.717, 1.165) is 41.1 Å². The van der Waals surface area contributed by atoms with Gasteiger partial charge in [0, 0.05) is 16.9 Å². The van der Waals surface area contributed by atoms with E-state index in [2.05, 4.69) is 54.0 Å². The molecular weight excluding hydrogens is 304 g/mol. The van der Waals surface area contributed by atoms with Crippen LogP contribution in [0.5, 0.6) is 0 Å². The second kappa shape index (κ2) is 5.66. The highest BCUT2D eigenvalue weighted by Gasteiger charge is 2.44. The van der Waals surface area contributed by atoms with Gasteiger partial charge in [0.15, 0.2) is 0 Å². The van der Waals surface area contributed by atoms with Gasteiger partial charge in [0.1, 0.15) is 0 Å². The first-order valence-corrected chi connectivity index (χ1v) is 9.42. The van der Waals surface area contributed by atoms with Gasteiger partial charge in [-0.25, -0.2) is 0 Å². The molecule has 2 heterocycles. The highest BCUT2D eigenvalue weighted by Crippen LogP contribution is 2.53. The predicted molar refractivity (Wildman–Crippen MR) is 104 cm³/mol. The Bertz CT molecular complexity index is 931. The van der Waals surface area contributed by atoms with E-state index in [1.807, 2.05) is 18.2 Å². The summed E-state index contributed by atoms with van der Waals surface area (Å²) >= 11 is 0. The lowest BCUT2D eigenvalue weighted by atomic mass is 9.91. The Kier molecular flexibility index (Phi) is 2.95. The van der Waals surface area contributed by atoms with Crippen molar-refractivity contribution in [1.29, 1.82) is 0 Å². The number of nitrogens with zero attached hydrogens (tertiary/aromatic N) is 2. The normalized spacial score (nSPS) is 29.8. The van der Waals surface area contributed by atoms with Gasteiger partial charge in [-0.15, -0.1) is 0 Å². The molecule has 3 aliphatic rings. The quantitative estimate of drug-likeness (QED) is 0.695. The summed E-state index contributed by atoms with van der Waals surface area (Å²) in [4.78, 5) is 4.20. The molecule has 25 heavy (non-hydrogen) atoms. The summed E-state index contributed by atoms with van der Waals surface area (Å²) in [5, 5.41) is 0. The van der Waals surface area contributed by atoms with E-state index in [1.54, 1.807) is 0 Å². The van der Waals surface area contributed by atoms with Crippen LogP contribution in [0.25, 0.3) is 5.70 Å². The molecule has 0 N–H and O–H groups in total. The average molecular weight is 332 g/mol. The summed E-state index contributed by atoms with van der Waals surface area (Å²) in [5.41, 5.74) is 6.64. The van der Waals surface area contributed by atoms with E-state index in [1.165, 1.54) is 18.4 Å². The molecule has 2 unspecified atom stereocenters. The second-order valence-electron chi connectivity index (χ2n) is 7.49. The third kappa shape index (κ3) is 2.16. The standard InChI is InChI=1S/C23H26N2/c1-16-9-3-8-14-21(16)24-15-25-22(17(24)2)19-12-6-7-13-20(19)23(25)18-10-4-5-11-18/h3,6-9,12-14,18,23H,4-5,10-11,15H2,1-2H3/i15D,23D. The minimum atomic E-state index is -0.840. The molecule has 2 heteroatoms. The van der Waals surface area contributed by atoms with Crippen molar-refractivity contribution in [3.05, 3.63) is 70.9 Å². The molecule has 1 aliphatic carbocycles. The molecule has 0 radical (unpaired) electrons. The lowest BCUT2D eigenvalue weighted by Crippen LogP contribution is -2.31. The maximum atomic E-state index is 9.66. The topological polar surface area (TPSA) is 6.48 Å². The number of aryl methyl sites for hydroxylation is 1. The first kappa shape index (κ1) is 13.0. The van der Waals surface area contributed by atoms with Gasteiger partial charge in [-0.05, 0) is 49.8 Å². The van der Waals surface area contributed by atoms with Gasteiger partial charge in [-0.1, -0.05) is 55.3 Å². The maximum Gasteiger partial charge on any atom is 0.0956 e. The van der Waals surface area contributed by atoms with Crippen LogP contribution in [0.1, 0.15) is 58.1 Å². The third-order valence-corrected chi connectivity index (χ3v) is 6.01. The van der Waals surface area contributed by atoms with Crippen molar-refractivity contribution in [1.82, 2.24) is 4.90 Å². The van der Waals surface area contributed by atoms with Crippen LogP contribution in [0.15, 0.2) is 54.2 Å². The molecule has 2 aliphatic heterocycles. The van der Waals surface area contributed by atoms with Crippen molar-refractivity contribution in [2.45, 2.75) is 45.5 Å². The molecule has 128 valence electrons. The number of anilines is 1. The Morgan fingerprint density at radius 2 is 1.72 bits per heavy atom. The van der Waals surface area contributed by atoms with Crippen LogP contribution < -0.4 is 4.90 Å². The maximum absolute atomic E-state index is 9.66. The summed E-state index contributed by atoms with van der Waals surface area (Å²) < 4.78 is 18.8. The Morgan fingerprint density at radius 1 is 1.00 bits per heavy atom. The molecule has 1 fully saturated rings. The average Bonchev–Trinajstić information content (AvgIpc) is 3.35. The van der Waals surface area contributed by atoms with Crippen LogP contribution in [0.3, 0.4) is 0 Å². The summed E-state index contributed by atoms with van der Waals surface area (Å²) in [5.74, 6) is 0.286. The number of para-hydroxylation sites is 1. The fraction of sp³-hybridized carbons (Fsp3) is 0.391. The molecule has 0 amide bonds. The first-order chi connectivity index (χ1) is 13.0. The first-order valence-electron chi connectivity index (χ1n) is 10.5. The molecule has 2 aromatic carbocycles. The lowest BCUT2D eigenvalue weighted by Gasteiger charge is -2.32. The Balaban J connectivity index is 1.72. The van der Waals surface area contributed by atoms with E-state index < -0.39 is 12.7 Å². The largest absolute Gasteiger partial charge is 0.344 e. The molecule has 5 rings (SSSR count). The lowest BCUT2D eigenvalue weighted by molar-refractivity contribution is 0.243. The minimum Gasteiger partial charge on any atom is -0.344 e. The molecule has 2 aromatic rings. The number of rotatable bonds is 2. The van der Waals surface area contributed by atoms with Crippen molar-refractivity contribution < 1.29 is 2.74 Å². The van der Waals surface area contributed by atoms with Gasteiger partial charge in [-0.2, -0.15) is 0 Å². The van der Waals surface area contributed by atoms with Crippen molar-refractivity contribution >= 4 is 11.4 Å². The number of hydrogen-bond acceptors (Lipinski definition) is 2. The van der Waals surface area contributed by atoms with E-state index in [0.29, 0.717) is 0 Å². The summed E-state index contributed by atoms with van der Waals surface area (Å²) in [6.07, 6.45) is 4.56. The van der Waals surface area contributed by atoms with Gasteiger partial charge in [0.05, 0.1) is 21.1 Å². The molecule has 2 atom stereocenters. The zero-order valence-electron chi connectivity index (χ0n) is 17.0. The number of benzene rings is 2. The Hall–Kier alpha value is -2.22. The fourth-order valence-electron chi connectivity index (χ4n) is 4.79. The Morgan fingerprint density at radius 3 is 2.52 bits per heavy atom. The summed E-state index contributed by atoms with van der Waals surface area (Å²) in [6, 6.07) is 15.8. The zero-order chi connectivity index (χ0) is 18.8. The molecule has 0 spiro atoms. The van der Waals surface area contributed by atoms with Crippen LogP contribution in [-0.2, 0) is 0 Å². The SMILES string of the molecule is [2H]C1N(c2ccccc2C)C(C)=C2c3ccccc3C([2H])(C3CCCC3)N21. The van der Waals surface area contributed by atoms with Crippen molar-refractivity contribution in [3.8, 4) is 0 Å².